The number of rotatable bonds is 29. The highest BCUT2D eigenvalue weighted by Gasteiger charge is 2.48. The number of aliphatic hydroxyl groups excluding tert-OH is 2. The van der Waals surface area contributed by atoms with Gasteiger partial charge < -0.3 is 102 Å². The lowest BCUT2D eigenvalue weighted by Crippen LogP contribution is -2.62. The van der Waals surface area contributed by atoms with E-state index in [4.69, 9.17) is 33.4 Å². The second-order valence-electron chi connectivity index (χ2n) is 22.5. The molecule has 11 amide bonds. The van der Waals surface area contributed by atoms with E-state index in [0.717, 1.165) is 26.2 Å². The Kier molecular flexibility index (Phi) is 33.0. The Hall–Kier alpha value is -7.42. The van der Waals surface area contributed by atoms with Crippen LogP contribution < -0.4 is 87.2 Å². The van der Waals surface area contributed by atoms with Crippen LogP contribution in [0.4, 0.5) is 0 Å². The molecule has 0 aliphatic carbocycles. The number of hydrogen-bond acceptors (Lipinski definition) is 20. The monoisotopic (exact) mass is 1240 g/mol. The number of hydrogen-bond donors (Lipinski definition) is 18. The molecule has 494 valence electrons. The number of ether oxygens (including phenoxy) is 1. The highest BCUT2D eigenvalue weighted by molar-refractivity contribution is 6.04. The molecule has 0 spiro atoms. The molecule has 31 nitrogen and oxygen atoms in total. The maximum Gasteiger partial charge on any atom is 0.322 e. The molecule has 0 bridgehead atoms. The lowest BCUT2D eigenvalue weighted by atomic mass is 9.91. The quantitative estimate of drug-likeness (QED) is 0.0202. The molecule has 1 aromatic carbocycles. The molecule has 2 saturated heterocycles. The molecule has 0 saturated carbocycles. The zero-order valence-corrected chi connectivity index (χ0v) is 51.1. The van der Waals surface area contributed by atoms with Crippen LogP contribution in [0.5, 0.6) is 0 Å². The van der Waals surface area contributed by atoms with Crippen LogP contribution in [0.25, 0.3) is 0 Å². The van der Waals surface area contributed by atoms with Crippen LogP contribution in [0, 0.1) is 11.8 Å². The molecule has 0 aromatic heterocycles. The predicted octanol–water partition coefficient (Wildman–Crippen LogP) is -6.34. The fraction of sp³-hybridized carbons (Fsp3) is 0.684. The average molecular weight is 1250 g/mol. The van der Waals surface area contributed by atoms with Crippen LogP contribution >= 0.6 is 0 Å². The molecule has 14 atom stereocenters. The van der Waals surface area contributed by atoms with E-state index < -0.39 is 169 Å². The third-order valence-corrected chi connectivity index (χ3v) is 14.7. The van der Waals surface area contributed by atoms with Gasteiger partial charge in [0.2, 0.25) is 65.0 Å². The first-order valence-electron chi connectivity index (χ1n) is 30.3. The first kappa shape index (κ1) is 74.8. The summed E-state index contributed by atoms with van der Waals surface area (Å²) in [6.45, 7) is 6.56. The van der Waals surface area contributed by atoms with Gasteiger partial charge in [-0.05, 0) is 116 Å². The number of aliphatic hydroxyl groups is 2. The van der Waals surface area contributed by atoms with E-state index in [2.05, 4.69) is 58.5 Å². The number of unbranched alkanes of at least 4 members (excludes halogenated alkanes) is 3. The lowest BCUT2D eigenvalue weighted by molar-refractivity contribution is -0.188. The lowest BCUT2D eigenvalue weighted by Gasteiger charge is -2.35. The van der Waals surface area contributed by atoms with Gasteiger partial charge in [-0.3, -0.25) is 57.5 Å². The zero-order chi connectivity index (χ0) is 65.6. The molecular formula is C57H96N16O15. The Bertz CT molecular complexity index is 2490. The van der Waals surface area contributed by atoms with Gasteiger partial charge in [-0.1, -0.05) is 70.4 Å². The zero-order valence-electron chi connectivity index (χ0n) is 51.1. The topological polar surface area (TPSA) is 517 Å². The molecule has 0 radical (unpaired) electrons. The Morgan fingerprint density at radius 1 is 0.580 bits per heavy atom. The number of nitrogens with one attached hydrogen (secondary N) is 11. The normalized spacial score (nSPS) is 24.5. The summed E-state index contributed by atoms with van der Waals surface area (Å²) in [5.74, 6) is -12.6. The van der Waals surface area contributed by atoms with Crippen LogP contribution in [-0.2, 0) is 68.7 Å². The fourth-order valence-corrected chi connectivity index (χ4v) is 9.78. The second-order valence-corrected chi connectivity index (χ2v) is 22.5. The van der Waals surface area contributed by atoms with E-state index in [1.807, 2.05) is 6.92 Å². The number of esters is 1. The smallest absolute Gasteiger partial charge is 0.322 e. The Balaban J connectivity index is 2.06. The molecule has 2 aliphatic heterocycles. The summed E-state index contributed by atoms with van der Waals surface area (Å²) in [5, 5.41) is 49.4. The summed E-state index contributed by atoms with van der Waals surface area (Å²) in [6, 6.07) is -6.76. The first-order chi connectivity index (χ1) is 41.8. The standard InChI is InChI=1S/C57H96N16O15/c1-6-7-8-12-15-42-43(57(87)88-42)54(84)68-38(20-26-62)51(81)73-45(32(5)75)56(86)69-36(18-24-60)47(77)67-39-21-27-63-55(85)44(31(4)74)72-50(80)37(19-25-61)65-46(76)34(16-22-58)66-52(82)40(28-30(2)3)70-53(83)41(29-33-13-10-9-11-14-33)71-48(78)35(17-23-59)64-49(39)79/h9-11,13-14,30-32,34-45,74-75H,6-8,12,15-29,58-62H2,1-5H3,(H,63,85)(H,64,79)(H,65,76)(H,66,82)(H,67,77)(H,68,84)(H,69,86)(H,70,83)(H,71,78)(H,72,80)(H,73,81)/t31?,32?,34-,35-,36-,37-,38-,39-,40-,41+,42?,43?,44-,45-/m0/s1. The Morgan fingerprint density at radius 2 is 1.09 bits per heavy atom. The second kappa shape index (κ2) is 38.8. The molecule has 23 N–H and O–H groups in total. The molecule has 4 unspecified atom stereocenters. The van der Waals surface area contributed by atoms with Crippen LogP contribution in [0.1, 0.15) is 117 Å². The van der Waals surface area contributed by atoms with Gasteiger partial charge in [-0.2, -0.15) is 0 Å². The molecular weight excluding hydrogens is 1150 g/mol. The van der Waals surface area contributed by atoms with E-state index in [1.165, 1.54) is 6.92 Å². The van der Waals surface area contributed by atoms with Gasteiger partial charge in [0.1, 0.15) is 66.5 Å². The molecule has 3 rings (SSSR count). The molecule has 88 heavy (non-hydrogen) atoms. The van der Waals surface area contributed by atoms with Crippen LogP contribution in [-0.4, -0.2) is 199 Å². The maximum absolute atomic E-state index is 14.6. The van der Waals surface area contributed by atoms with Crippen molar-refractivity contribution in [2.24, 2.45) is 40.5 Å². The van der Waals surface area contributed by atoms with Crippen LogP contribution in [0.2, 0.25) is 0 Å². The summed E-state index contributed by atoms with van der Waals surface area (Å²) >= 11 is 0. The average Bonchev–Trinajstić information content (AvgIpc) is 3.62. The van der Waals surface area contributed by atoms with Crippen molar-refractivity contribution in [1.29, 1.82) is 0 Å². The van der Waals surface area contributed by atoms with Crippen molar-refractivity contribution in [3.63, 3.8) is 0 Å². The summed E-state index contributed by atoms with van der Waals surface area (Å²) in [5.41, 5.74) is 29.9. The minimum absolute atomic E-state index is 0.0340. The largest absolute Gasteiger partial charge is 0.460 e. The van der Waals surface area contributed by atoms with Crippen LogP contribution in [0.3, 0.4) is 0 Å². The van der Waals surface area contributed by atoms with Gasteiger partial charge in [-0.25, -0.2) is 0 Å². The van der Waals surface area contributed by atoms with Gasteiger partial charge >= 0.3 is 5.97 Å². The first-order valence-corrected chi connectivity index (χ1v) is 30.3. The van der Waals surface area contributed by atoms with Crippen molar-refractivity contribution < 1.29 is 72.5 Å². The van der Waals surface area contributed by atoms with E-state index in [9.17, 15) is 67.7 Å². The van der Waals surface area contributed by atoms with Gasteiger partial charge in [-0.15, -0.1) is 0 Å². The fourth-order valence-electron chi connectivity index (χ4n) is 9.78. The summed E-state index contributed by atoms with van der Waals surface area (Å²) < 4.78 is 5.21. The van der Waals surface area contributed by atoms with Crippen molar-refractivity contribution in [3.05, 3.63) is 35.9 Å². The maximum atomic E-state index is 14.6. The van der Waals surface area contributed by atoms with Crippen molar-refractivity contribution in [3.8, 4) is 0 Å². The number of amides is 11. The van der Waals surface area contributed by atoms with Crippen molar-refractivity contribution in [1.82, 2.24) is 58.5 Å². The van der Waals surface area contributed by atoms with E-state index in [1.54, 1.807) is 44.2 Å². The molecule has 1 aromatic rings. The highest BCUT2D eigenvalue weighted by Crippen LogP contribution is 2.28. The van der Waals surface area contributed by atoms with Gasteiger partial charge in [0.05, 0.1) is 12.2 Å². The molecule has 2 fully saturated rings. The number of nitrogens with two attached hydrogens (primary N) is 5. The number of benzene rings is 1. The van der Waals surface area contributed by atoms with Crippen molar-refractivity contribution >= 4 is 70.9 Å². The minimum atomic E-state index is -1.79. The summed E-state index contributed by atoms with van der Waals surface area (Å²) in [6.07, 6.45) is -1.67. The SMILES string of the molecule is CCCCCCC1OC(=O)C1C(=O)N[C@@H](CCN)C(=O)N[C@H](C(=O)N[C@@H](CCN)C(=O)N[C@H]1CCNC(=O)[C@H](C(C)O)NC(=O)[C@H](CCN)NC(=O)[C@H](CCN)NC(=O)[C@H](CC(C)C)NC(=O)[C@@H](Cc2ccccc2)NC(=O)[C@H](CCN)NC1=O)C(C)O. The van der Waals surface area contributed by atoms with Gasteiger partial charge in [0.25, 0.3) is 0 Å². The van der Waals surface area contributed by atoms with E-state index >= 15 is 0 Å². The van der Waals surface area contributed by atoms with E-state index in [0.29, 0.717) is 18.4 Å². The summed E-state index contributed by atoms with van der Waals surface area (Å²) in [4.78, 5) is 167. The summed E-state index contributed by atoms with van der Waals surface area (Å²) in [7, 11) is 0. The minimum Gasteiger partial charge on any atom is -0.460 e. The third kappa shape index (κ3) is 24.3. The Morgan fingerprint density at radius 3 is 1.60 bits per heavy atom. The van der Waals surface area contributed by atoms with E-state index in [-0.39, 0.29) is 83.6 Å². The van der Waals surface area contributed by atoms with Crippen molar-refractivity contribution in [2.75, 3.05) is 39.3 Å². The van der Waals surface area contributed by atoms with Crippen LogP contribution in [0.15, 0.2) is 30.3 Å². The number of carbonyl (C=O) groups excluding carboxylic acids is 12. The van der Waals surface area contributed by atoms with Gasteiger partial charge in [0.15, 0.2) is 5.92 Å². The number of carbonyl (C=O) groups is 12. The molecule has 2 heterocycles. The Labute approximate surface area is 512 Å². The van der Waals surface area contributed by atoms with Crippen molar-refractivity contribution in [2.45, 2.75) is 197 Å². The third-order valence-electron chi connectivity index (χ3n) is 14.7. The number of cyclic esters (lactones) is 1. The predicted molar refractivity (Wildman–Crippen MR) is 320 cm³/mol. The highest BCUT2D eigenvalue weighted by atomic mass is 16.6. The molecule has 2 aliphatic rings. The molecule has 31 heteroatoms. The van der Waals surface area contributed by atoms with Gasteiger partial charge in [0, 0.05) is 13.0 Å².